The second kappa shape index (κ2) is 8.50. The lowest BCUT2D eigenvalue weighted by Gasteiger charge is -2.20. The number of nitrogens with zero attached hydrogens (tertiary/aromatic N) is 4. The number of pyridine rings is 1. The fourth-order valence-corrected chi connectivity index (χ4v) is 6.70. The first-order chi connectivity index (χ1) is 16.5. The average Bonchev–Trinajstić information content (AvgIpc) is 3.54. The molecule has 172 valence electrons. The normalized spacial score (nSPS) is 18.3. The zero-order valence-electron chi connectivity index (χ0n) is 18.2. The average molecular weight is 491 g/mol. The van der Waals surface area contributed by atoms with Crippen LogP contribution in [0.5, 0.6) is 10.9 Å². The Kier molecular flexibility index (Phi) is 5.32. The Morgan fingerprint density at radius 3 is 2.65 bits per heavy atom. The molecule has 0 spiro atoms. The van der Waals surface area contributed by atoms with Crippen LogP contribution in [-0.2, 0) is 16.6 Å². The minimum atomic E-state index is -3.54. The summed E-state index contributed by atoms with van der Waals surface area (Å²) in [5.74, 6) is 0.994. The molecule has 2 aliphatic rings. The van der Waals surface area contributed by atoms with Crippen molar-refractivity contribution < 1.29 is 13.2 Å². The van der Waals surface area contributed by atoms with E-state index in [9.17, 15) is 8.42 Å². The third-order valence-corrected chi connectivity index (χ3v) is 8.79. The van der Waals surface area contributed by atoms with Gasteiger partial charge in [0.2, 0.25) is 0 Å². The summed E-state index contributed by atoms with van der Waals surface area (Å²) < 4.78 is 34.2. The molecule has 0 bridgehead atoms. The van der Waals surface area contributed by atoms with Gasteiger partial charge in [0.05, 0.1) is 10.2 Å². The largest absolute Gasteiger partial charge is 0.431 e. The van der Waals surface area contributed by atoms with Gasteiger partial charge in [-0.25, -0.2) is 13.4 Å². The molecule has 6 rings (SSSR count). The van der Waals surface area contributed by atoms with Gasteiger partial charge < -0.3 is 4.74 Å². The van der Waals surface area contributed by atoms with Gasteiger partial charge >= 0.3 is 0 Å². The molecule has 9 heteroatoms. The molecule has 1 fully saturated rings. The predicted octanol–water partition coefficient (Wildman–Crippen LogP) is 4.50. The van der Waals surface area contributed by atoms with Gasteiger partial charge in [-0.2, -0.15) is 0 Å². The second-order valence-corrected chi connectivity index (χ2v) is 11.4. The standard InChI is InChI=1S/C25H22N4O3S2/c30-34(31,22-4-3-11-26-12-22)29-16-19-14-28(15-20(19)17-29)13-18-7-9-21(10-8-18)32-25-27-23-5-1-2-6-24(23)33-25/h1-12,16,20H,13-15,17H2. The molecular formula is C25H22N4O3S2. The van der Waals surface area contributed by atoms with E-state index >= 15 is 0 Å². The maximum absolute atomic E-state index is 12.9. The fraction of sp³-hybridized carbons (Fsp3) is 0.200. The zero-order chi connectivity index (χ0) is 23.1. The molecular weight excluding hydrogens is 468 g/mol. The van der Waals surface area contributed by atoms with Gasteiger partial charge in [0.25, 0.3) is 15.2 Å². The van der Waals surface area contributed by atoms with Crippen LogP contribution in [0.1, 0.15) is 5.56 Å². The first-order valence-electron chi connectivity index (χ1n) is 11.0. The molecule has 0 radical (unpaired) electrons. The van der Waals surface area contributed by atoms with E-state index in [1.807, 2.05) is 42.6 Å². The number of benzene rings is 2. The third-order valence-electron chi connectivity index (χ3n) is 6.17. The van der Waals surface area contributed by atoms with Crippen molar-refractivity contribution in [2.75, 3.05) is 19.6 Å². The topological polar surface area (TPSA) is 75.6 Å². The number of hydrogen-bond donors (Lipinski definition) is 0. The summed E-state index contributed by atoms with van der Waals surface area (Å²) in [7, 11) is -3.54. The van der Waals surface area contributed by atoms with Crippen molar-refractivity contribution in [1.82, 2.24) is 19.2 Å². The van der Waals surface area contributed by atoms with Crippen LogP contribution in [-0.4, -0.2) is 47.2 Å². The van der Waals surface area contributed by atoms with E-state index < -0.39 is 10.0 Å². The molecule has 0 amide bonds. The van der Waals surface area contributed by atoms with Crippen LogP contribution in [0.3, 0.4) is 0 Å². The van der Waals surface area contributed by atoms with Crippen molar-refractivity contribution >= 4 is 31.6 Å². The van der Waals surface area contributed by atoms with Crippen LogP contribution in [0.15, 0.2) is 89.7 Å². The van der Waals surface area contributed by atoms with Gasteiger partial charge in [-0.3, -0.25) is 14.2 Å². The van der Waals surface area contributed by atoms with Crippen molar-refractivity contribution in [3.05, 3.63) is 90.4 Å². The number of thiazole rings is 1. The number of sulfonamides is 1. The van der Waals surface area contributed by atoms with E-state index in [0.717, 1.165) is 35.6 Å². The minimum absolute atomic E-state index is 0.230. The predicted molar refractivity (Wildman–Crippen MR) is 131 cm³/mol. The van der Waals surface area contributed by atoms with Crippen molar-refractivity contribution in [3.63, 3.8) is 0 Å². The number of ether oxygens (including phenoxy) is 1. The zero-order valence-corrected chi connectivity index (χ0v) is 19.9. The first kappa shape index (κ1) is 21.3. The number of likely N-dealkylation sites (tertiary alicyclic amines) is 1. The van der Waals surface area contributed by atoms with Crippen LogP contribution in [0, 0.1) is 5.92 Å². The second-order valence-electron chi connectivity index (χ2n) is 8.53. The lowest BCUT2D eigenvalue weighted by atomic mass is 10.1. The quantitative estimate of drug-likeness (QED) is 0.396. The van der Waals surface area contributed by atoms with Crippen LogP contribution < -0.4 is 4.74 Å². The highest BCUT2D eigenvalue weighted by Crippen LogP contribution is 2.34. The molecule has 1 saturated heterocycles. The number of para-hydroxylation sites is 1. The third kappa shape index (κ3) is 4.06. The number of aromatic nitrogens is 2. The molecule has 0 N–H and O–H groups in total. The summed E-state index contributed by atoms with van der Waals surface area (Å²) in [4.78, 5) is 11.1. The van der Waals surface area contributed by atoms with Crippen molar-refractivity contribution in [2.24, 2.45) is 5.92 Å². The Labute approximate surface area is 202 Å². The van der Waals surface area contributed by atoms with Gasteiger partial charge in [-0.15, -0.1) is 0 Å². The van der Waals surface area contributed by atoms with Crippen molar-refractivity contribution in [2.45, 2.75) is 11.4 Å². The highest BCUT2D eigenvalue weighted by Gasteiger charge is 2.37. The maximum Gasteiger partial charge on any atom is 0.279 e. The van der Waals surface area contributed by atoms with E-state index in [0.29, 0.717) is 11.7 Å². The van der Waals surface area contributed by atoms with Crippen molar-refractivity contribution in [3.8, 4) is 10.9 Å². The number of fused-ring (bicyclic) bond motifs is 2. The molecule has 34 heavy (non-hydrogen) atoms. The molecule has 2 aliphatic heterocycles. The van der Waals surface area contributed by atoms with Gasteiger partial charge in [0, 0.05) is 50.7 Å². The first-order valence-corrected chi connectivity index (χ1v) is 13.3. The molecule has 2 aromatic heterocycles. The number of hydrogen-bond acceptors (Lipinski definition) is 7. The fourth-order valence-electron chi connectivity index (χ4n) is 4.50. The van der Waals surface area contributed by atoms with Crippen LogP contribution in [0.4, 0.5) is 0 Å². The summed E-state index contributed by atoms with van der Waals surface area (Å²) in [5, 5.41) is 0.638. The van der Waals surface area contributed by atoms with Crippen LogP contribution >= 0.6 is 11.3 Å². The van der Waals surface area contributed by atoms with E-state index in [1.54, 1.807) is 18.3 Å². The van der Waals surface area contributed by atoms with E-state index in [1.165, 1.54) is 33.0 Å². The molecule has 0 saturated carbocycles. The van der Waals surface area contributed by atoms with Crippen LogP contribution in [0.2, 0.25) is 0 Å². The van der Waals surface area contributed by atoms with E-state index in [-0.39, 0.29) is 10.8 Å². The summed E-state index contributed by atoms with van der Waals surface area (Å²) in [6.07, 6.45) is 4.79. The molecule has 4 aromatic rings. The summed E-state index contributed by atoms with van der Waals surface area (Å²) in [6, 6.07) is 19.3. The van der Waals surface area contributed by atoms with Gasteiger partial charge in [-0.05, 0) is 47.5 Å². The summed E-state index contributed by atoms with van der Waals surface area (Å²) in [5.41, 5.74) is 3.31. The smallest absolute Gasteiger partial charge is 0.279 e. The Morgan fingerprint density at radius 2 is 1.88 bits per heavy atom. The van der Waals surface area contributed by atoms with Crippen LogP contribution in [0.25, 0.3) is 10.2 Å². The lowest BCUT2D eigenvalue weighted by Crippen LogP contribution is -2.29. The minimum Gasteiger partial charge on any atom is -0.431 e. The molecule has 2 aromatic carbocycles. The van der Waals surface area contributed by atoms with Gasteiger partial charge in [0.15, 0.2) is 0 Å². The number of rotatable bonds is 6. The SMILES string of the molecule is O=S(=O)(c1cccnc1)N1C=C2CN(Cc3ccc(Oc4nc5ccccc5s4)cc3)CC2C1. The van der Waals surface area contributed by atoms with Gasteiger partial charge in [0.1, 0.15) is 10.6 Å². The molecule has 4 heterocycles. The highest BCUT2D eigenvalue weighted by atomic mass is 32.2. The molecule has 0 aliphatic carbocycles. The molecule has 1 unspecified atom stereocenters. The van der Waals surface area contributed by atoms with E-state index in [4.69, 9.17) is 4.74 Å². The Hall–Kier alpha value is -3.27. The summed E-state index contributed by atoms with van der Waals surface area (Å²) in [6.45, 7) is 2.91. The Morgan fingerprint density at radius 1 is 1.03 bits per heavy atom. The highest BCUT2D eigenvalue weighted by molar-refractivity contribution is 7.89. The maximum atomic E-state index is 12.9. The Bertz CT molecular complexity index is 1430. The monoisotopic (exact) mass is 490 g/mol. The summed E-state index contributed by atoms with van der Waals surface area (Å²) >= 11 is 1.53. The lowest BCUT2D eigenvalue weighted by molar-refractivity contribution is 0.306. The Balaban J connectivity index is 1.08. The van der Waals surface area contributed by atoms with Gasteiger partial charge in [-0.1, -0.05) is 35.6 Å². The molecule has 1 atom stereocenters. The van der Waals surface area contributed by atoms with E-state index in [2.05, 4.69) is 27.0 Å². The van der Waals surface area contributed by atoms with Crippen molar-refractivity contribution in [1.29, 1.82) is 0 Å². The molecule has 7 nitrogen and oxygen atoms in total.